The van der Waals surface area contributed by atoms with Crippen molar-refractivity contribution >= 4 is 0 Å². The molecule has 1 heterocycles. The molecule has 4 nitrogen and oxygen atoms in total. The molecule has 0 radical (unpaired) electrons. The van der Waals surface area contributed by atoms with E-state index in [-0.39, 0.29) is 0 Å². The van der Waals surface area contributed by atoms with E-state index in [1.54, 1.807) is 14.2 Å². The van der Waals surface area contributed by atoms with Crippen LogP contribution in [-0.4, -0.2) is 33.4 Å². The predicted octanol–water partition coefficient (Wildman–Crippen LogP) is 2.75. The average molecular weight is 279 g/mol. The predicted molar refractivity (Wildman–Crippen MR) is 79.5 cm³/mol. The summed E-state index contributed by atoms with van der Waals surface area (Å²) >= 11 is 0. The normalized spacial score (nSPS) is 18.8. The molecule has 0 bridgehead atoms. The first kappa shape index (κ1) is 15.1. The standard InChI is InChI=1S/C16H25NO3/c1-18-15-7-6-13(11-16(15)19-2)12-20-10-8-14-5-3-4-9-17-14/h6-7,11,14,17H,3-5,8-10,12H2,1-2H3. The third kappa shape index (κ3) is 4.39. The molecule has 1 N–H and O–H groups in total. The first-order chi connectivity index (χ1) is 9.83. The zero-order valence-electron chi connectivity index (χ0n) is 12.5. The number of piperidine rings is 1. The summed E-state index contributed by atoms with van der Waals surface area (Å²) in [7, 11) is 3.29. The number of nitrogens with one attached hydrogen (secondary N) is 1. The number of ether oxygens (including phenoxy) is 3. The van der Waals surface area contributed by atoms with Gasteiger partial charge in [0.15, 0.2) is 11.5 Å². The highest BCUT2D eigenvalue weighted by Gasteiger charge is 2.11. The second-order valence-electron chi connectivity index (χ2n) is 5.18. The minimum absolute atomic E-state index is 0.618. The molecule has 0 aromatic heterocycles. The summed E-state index contributed by atoms with van der Waals surface area (Å²) in [6, 6.07) is 6.53. The second kappa shape index (κ2) is 8.12. The van der Waals surface area contributed by atoms with E-state index in [9.17, 15) is 0 Å². The Morgan fingerprint density at radius 3 is 2.70 bits per heavy atom. The van der Waals surface area contributed by atoms with Crippen LogP contribution < -0.4 is 14.8 Å². The smallest absolute Gasteiger partial charge is 0.161 e. The zero-order chi connectivity index (χ0) is 14.2. The van der Waals surface area contributed by atoms with Crippen LogP contribution >= 0.6 is 0 Å². The lowest BCUT2D eigenvalue weighted by molar-refractivity contribution is 0.108. The molecule has 4 heteroatoms. The van der Waals surface area contributed by atoms with Gasteiger partial charge in [0.1, 0.15) is 0 Å². The van der Waals surface area contributed by atoms with Gasteiger partial charge in [-0.25, -0.2) is 0 Å². The number of hydrogen-bond donors (Lipinski definition) is 1. The van der Waals surface area contributed by atoms with Crippen molar-refractivity contribution in [3.63, 3.8) is 0 Å². The molecule has 20 heavy (non-hydrogen) atoms. The van der Waals surface area contributed by atoms with Crippen LogP contribution in [0.1, 0.15) is 31.2 Å². The topological polar surface area (TPSA) is 39.7 Å². The van der Waals surface area contributed by atoms with Crippen molar-refractivity contribution in [2.24, 2.45) is 0 Å². The summed E-state index contributed by atoms with van der Waals surface area (Å²) in [6.45, 7) is 2.57. The zero-order valence-corrected chi connectivity index (χ0v) is 12.5. The van der Waals surface area contributed by atoms with E-state index in [4.69, 9.17) is 14.2 Å². The van der Waals surface area contributed by atoms with E-state index in [0.717, 1.165) is 36.6 Å². The molecule has 1 aromatic carbocycles. The van der Waals surface area contributed by atoms with Gasteiger partial charge in [-0.1, -0.05) is 12.5 Å². The van der Waals surface area contributed by atoms with E-state index in [0.29, 0.717) is 12.6 Å². The van der Waals surface area contributed by atoms with Gasteiger partial charge in [0.2, 0.25) is 0 Å². The first-order valence-corrected chi connectivity index (χ1v) is 7.35. The van der Waals surface area contributed by atoms with Gasteiger partial charge >= 0.3 is 0 Å². The van der Waals surface area contributed by atoms with E-state index in [2.05, 4.69) is 5.32 Å². The van der Waals surface area contributed by atoms with Crippen LogP contribution in [0, 0.1) is 0 Å². The van der Waals surface area contributed by atoms with Crippen molar-refractivity contribution in [1.29, 1.82) is 0 Å². The fraction of sp³-hybridized carbons (Fsp3) is 0.625. The van der Waals surface area contributed by atoms with Crippen molar-refractivity contribution in [2.75, 3.05) is 27.4 Å². The monoisotopic (exact) mass is 279 g/mol. The van der Waals surface area contributed by atoms with Gasteiger partial charge < -0.3 is 19.5 Å². The van der Waals surface area contributed by atoms with Crippen LogP contribution in [0.25, 0.3) is 0 Å². The first-order valence-electron chi connectivity index (χ1n) is 7.35. The van der Waals surface area contributed by atoms with Crippen LogP contribution in [0.4, 0.5) is 0 Å². The highest BCUT2D eigenvalue weighted by Crippen LogP contribution is 2.27. The lowest BCUT2D eigenvalue weighted by atomic mass is 10.0. The molecule has 0 spiro atoms. The van der Waals surface area contributed by atoms with Crippen molar-refractivity contribution in [3.05, 3.63) is 23.8 Å². The Kier molecular flexibility index (Phi) is 6.15. The van der Waals surface area contributed by atoms with E-state index in [1.807, 2.05) is 18.2 Å². The van der Waals surface area contributed by atoms with Crippen LogP contribution in [0.3, 0.4) is 0 Å². The fourth-order valence-corrected chi connectivity index (χ4v) is 2.56. The van der Waals surface area contributed by atoms with Gasteiger partial charge in [0, 0.05) is 12.6 Å². The summed E-state index contributed by atoms with van der Waals surface area (Å²) < 4.78 is 16.3. The third-order valence-electron chi connectivity index (χ3n) is 3.74. The van der Waals surface area contributed by atoms with Crippen LogP contribution in [-0.2, 0) is 11.3 Å². The molecule has 1 aliphatic heterocycles. The minimum Gasteiger partial charge on any atom is -0.493 e. The molecule has 1 aromatic rings. The van der Waals surface area contributed by atoms with Gasteiger partial charge in [-0.05, 0) is 43.5 Å². The Morgan fingerprint density at radius 2 is 2.00 bits per heavy atom. The van der Waals surface area contributed by atoms with Crippen LogP contribution in [0.2, 0.25) is 0 Å². The highest BCUT2D eigenvalue weighted by atomic mass is 16.5. The molecule has 0 saturated carbocycles. The largest absolute Gasteiger partial charge is 0.493 e. The Morgan fingerprint density at radius 1 is 1.15 bits per heavy atom. The van der Waals surface area contributed by atoms with E-state index in [1.165, 1.54) is 19.3 Å². The summed E-state index contributed by atoms with van der Waals surface area (Å²) in [5.74, 6) is 1.50. The fourth-order valence-electron chi connectivity index (χ4n) is 2.56. The second-order valence-corrected chi connectivity index (χ2v) is 5.18. The van der Waals surface area contributed by atoms with Gasteiger partial charge in [-0.2, -0.15) is 0 Å². The van der Waals surface area contributed by atoms with Gasteiger partial charge in [0.25, 0.3) is 0 Å². The number of methoxy groups -OCH3 is 2. The molecule has 1 saturated heterocycles. The summed E-state index contributed by atoms with van der Waals surface area (Å²) in [4.78, 5) is 0. The summed E-state index contributed by atoms with van der Waals surface area (Å²) in [5, 5.41) is 3.53. The minimum atomic E-state index is 0.618. The third-order valence-corrected chi connectivity index (χ3v) is 3.74. The lowest BCUT2D eigenvalue weighted by Crippen LogP contribution is -2.34. The summed E-state index contributed by atoms with van der Waals surface area (Å²) in [5.41, 5.74) is 1.11. The maximum atomic E-state index is 5.76. The number of rotatable bonds is 7. The van der Waals surface area contributed by atoms with Gasteiger partial charge in [-0.15, -0.1) is 0 Å². The molecule has 0 amide bonds. The molecule has 1 fully saturated rings. The van der Waals surface area contributed by atoms with Gasteiger partial charge in [-0.3, -0.25) is 0 Å². The molecular formula is C16H25NO3. The Labute approximate surface area is 121 Å². The quantitative estimate of drug-likeness (QED) is 0.779. The maximum Gasteiger partial charge on any atom is 0.161 e. The maximum absolute atomic E-state index is 5.76. The summed E-state index contributed by atoms with van der Waals surface area (Å²) in [6.07, 6.45) is 5.02. The lowest BCUT2D eigenvalue weighted by Gasteiger charge is -2.23. The Balaban J connectivity index is 1.73. The molecule has 1 aliphatic rings. The number of benzene rings is 1. The SMILES string of the molecule is COc1ccc(COCCC2CCCCN2)cc1OC. The molecule has 112 valence electrons. The Hall–Kier alpha value is -1.26. The van der Waals surface area contributed by atoms with E-state index >= 15 is 0 Å². The molecule has 1 unspecified atom stereocenters. The Bertz CT molecular complexity index is 403. The molecule has 1 atom stereocenters. The molecule has 2 rings (SSSR count). The van der Waals surface area contributed by atoms with Gasteiger partial charge in [0.05, 0.1) is 20.8 Å². The number of hydrogen-bond acceptors (Lipinski definition) is 4. The average Bonchev–Trinajstić information content (AvgIpc) is 2.52. The van der Waals surface area contributed by atoms with Crippen molar-refractivity contribution in [1.82, 2.24) is 5.32 Å². The van der Waals surface area contributed by atoms with Crippen molar-refractivity contribution in [3.8, 4) is 11.5 Å². The molecule has 0 aliphatic carbocycles. The van der Waals surface area contributed by atoms with Crippen molar-refractivity contribution in [2.45, 2.75) is 38.3 Å². The highest BCUT2D eigenvalue weighted by molar-refractivity contribution is 5.42. The molecular weight excluding hydrogens is 254 g/mol. The van der Waals surface area contributed by atoms with Crippen LogP contribution in [0.5, 0.6) is 11.5 Å². The van der Waals surface area contributed by atoms with E-state index < -0.39 is 0 Å². The van der Waals surface area contributed by atoms with Crippen LogP contribution in [0.15, 0.2) is 18.2 Å². The van der Waals surface area contributed by atoms with Crippen molar-refractivity contribution < 1.29 is 14.2 Å².